The number of nitro groups is 1. The number of hydrogen-bond donors (Lipinski definition) is 1. The lowest BCUT2D eigenvalue weighted by Gasteiger charge is -2.23. The molecule has 0 aromatic carbocycles. The zero-order valence-electron chi connectivity index (χ0n) is 9.50. The van der Waals surface area contributed by atoms with E-state index in [1.165, 1.54) is 44.0 Å². The molecule has 2 saturated carbocycles. The van der Waals surface area contributed by atoms with Crippen LogP contribution < -0.4 is 5.32 Å². The molecule has 90 valence electrons. The van der Waals surface area contributed by atoms with E-state index in [4.69, 9.17) is 0 Å². The van der Waals surface area contributed by atoms with Gasteiger partial charge >= 0.3 is 0 Å². The maximum atomic E-state index is 10.7. The first-order valence-corrected chi connectivity index (χ1v) is 6.09. The van der Waals surface area contributed by atoms with E-state index in [0.717, 1.165) is 11.8 Å². The third-order valence-electron chi connectivity index (χ3n) is 4.03. The number of pyridine rings is 1. The lowest BCUT2D eigenvalue weighted by atomic mass is 9.95. The first-order chi connectivity index (χ1) is 8.22. The first kappa shape index (κ1) is 10.5. The SMILES string of the molecule is O=[N+]([O-])c1ccnc(NC2CC3CCC2C3)c1. The molecule has 2 aliphatic rings. The van der Waals surface area contributed by atoms with Gasteiger partial charge in [0, 0.05) is 18.3 Å². The Bertz CT molecular complexity index is 449. The zero-order chi connectivity index (χ0) is 11.8. The van der Waals surface area contributed by atoms with Crippen LogP contribution in [0.5, 0.6) is 0 Å². The Morgan fingerprint density at radius 1 is 1.41 bits per heavy atom. The van der Waals surface area contributed by atoms with Gasteiger partial charge in [0.15, 0.2) is 0 Å². The van der Waals surface area contributed by atoms with Crippen molar-refractivity contribution < 1.29 is 4.92 Å². The third kappa shape index (κ3) is 1.97. The molecule has 2 fully saturated rings. The highest BCUT2D eigenvalue weighted by atomic mass is 16.6. The minimum Gasteiger partial charge on any atom is -0.367 e. The van der Waals surface area contributed by atoms with Crippen LogP contribution in [-0.4, -0.2) is 15.9 Å². The Kier molecular flexibility index (Phi) is 2.46. The van der Waals surface area contributed by atoms with E-state index >= 15 is 0 Å². The molecule has 5 nitrogen and oxygen atoms in total. The topological polar surface area (TPSA) is 68.1 Å². The quantitative estimate of drug-likeness (QED) is 0.643. The Morgan fingerprint density at radius 2 is 2.29 bits per heavy atom. The molecule has 1 heterocycles. The van der Waals surface area contributed by atoms with Crippen molar-refractivity contribution in [3.63, 3.8) is 0 Å². The van der Waals surface area contributed by atoms with Crippen LogP contribution in [0.25, 0.3) is 0 Å². The maximum Gasteiger partial charge on any atom is 0.274 e. The minimum atomic E-state index is -0.381. The van der Waals surface area contributed by atoms with Crippen molar-refractivity contribution in [3.8, 4) is 0 Å². The second-order valence-electron chi connectivity index (χ2n) is 5.08. The summed E-state index contributed by atoms with van der Waals surface area (Å²) < 4.78 is 0. The number of anilines is 1. The van der Waals surface area contributed by atoms with Crippen molar-refractivity contribution in [3.05, 3.63) is 28.4 Å². The Labute approximate surface area is 99.4 Å². The fourth-order valence-electron chi connectivity index (χ4n) is 3.22. The average Bonchev–Trinajstić information content (AvgIpc) is 2.91. The van der Waals surface area contributed by atoms with Gasteiger partial charge in [0.1, 0.15) is 5.82 Å². The molecule has 0 aliphatic heterocycles. The number of nitrogens with zero attached hydrogens (tertiary/aromatic N) is 2. The summed E-state index contributed by atoms with van der Waals surface area (Å²) in [6, 6.07) is 3.40. The molecule has 3 atom stereocenters. The van der Waals surface area contributed by atoms with Crippen molar-refractivity contribution in [2.45, 2.75) is 31.7 Å². The van der Waals surface area contributed by atoms with Crippen molar-refractivity contribution in [1.82, 2.24) is 4.98 Å². The average molecular weight is 233 g/mol. The molecule has 17 heavy (non-hydrogen) atoms. The molecule has 0 spiro atoms. The van der Waals surface area contributed by atoms with Gasteiger partial charge in [-0.2, -0.15) is 0 Å². The maximum absolute atomic E-state index is 10.7. The summed E-state index contributed by atoms with van der Waals surface area (Å²) in [5.74, 6) is 2.23. The van der Waals surface area contributed by atoms with Crippen molar-refractivity contribution in [2.75, 3.05) is 5.32 Å². The molecule has 1 N–H and O–H groups in total. The van der Waals surface area contributed by atoms with Gasteiger partial charge in [0.05, 0.1) is 11.0 Å². The van der Waals surface area contributed by atoms with Gasteiger partial charge in [0.2, 0.25) is 0 Å². The van der Waals surface area contributed by atoms with Crippen LogP contribution in [-0.2, 0) is 0 Å². The predicted octanol–water partition coefficient (Wildman–Crippen LogP) is 2.59. The number of rotatable bonds is 3. The van der Waals surface area contributed by atoms with E-state index < -0.39 is 0 Å². The van der Waals surface area contributed by atoms with Gasteiger partial charge in [-0.05, 0) is 31.1 Å². The van der Waals surface area contributed by atoms with Crippen molar-refractivity contribution in [1.29, 1.82) is 0 Å². The van der Waals surface area contributed by atoms with Crippen molar-refractivity contribution >= 4 is 11.5 Å². The molecular weight excluding hydrogens is 218 g/mol. The molecule has 0 radical (unpaired) electrons. The van der Waals surface area contributed by atoms with Crippen LogP contribution in [0.2, 0.25) is 0 Å². The van der Waals surface area contributed by atoms with Gasteiger partial charge in [-0.1, -0.05) is 6.42 Å². The van der Waals surface area contributed by atoms with Gasteiger partial charge in [-0.15, -0.1) is 0 Å². The van der Waals surface area contributed by atoms with Crippen LogP contribution in [0.3, 0.4) is 0 Å². The van der Waals surface area contributed by atoms with Crippen LogP contribution >= 0.6 is 0 Å². The van der Waals surface area contributed by atoms with Crippen LogP contribution in [0.15, 0.2) is 18.3 Å². The monoisotopic (exact) mass is 233 g/mol. The number of aromatic nitrogens is 1. The molecular formula is C12H15N3O2. The zero-order valence-corrected chi connectivity index (χ0v) is 9.50. The summed E-state index contributed by atoms with van der Waals surface area (Å²) in [6.07, 6.45) is 6.64. The fourth-order valence-corrected chi connectivity index (χ4v) is 3.22. The number of fused-ring (bicyclic) bond motifs is 2. The summed E-state index contributed by atoms with van der Waals surface area (Å²) in [5.41, 5.74) is 0.102. The Balaban J connectivity index is 1.73. The molecule has 0 saturated heterocycles. The summed E-state index contributed by atoms with van der Waals surface area (Å²) >= 11 is 0. The molecule has 2 bridgehead atoms. The van der Waals surface area contributed by atoms with E-state index in [-0.39, 0.29) is 10.6 Å². The number of hydrogen-bond acceptors (Lipinski definition) is 4. The van der Waals surface area contributed by atoms with Crippen LogP contribution in [0, 0.1) is 22.0 Å². The molecule has 1 aromatic heterocycles. The van der Waals surface area contributed by atoms with E-state index in [9.17, 15) is 10.1 Å². The van der Waals surface area contributed by atoms with Gasteiger partial charge in [-0.25, -0.2) is 4.98 Å². The van der Waals surface area contributed by atoms with Gasteiger partial charge < -0.3 is 5.32 Å². The number of nitrogens with one attached hydrogen (secondary N) is 1. The van der Waals surface area contributed by atoms with E-state index in [2.05, 4.69) is 10.3 Å². The molecule has 0 amide bonds. The highest BCUT2D eigenvalue weighted by Gasteiger charge is 2.39. The van der Waals surface area contributed by atoms with Crippen LogP contribution in [0.4, 0.5) is 11.5 Å². The lowest BCUT2D eigenvalue weighted by molar-refractivity contribution is -0.384. The molecule has 3 rings (SSSR count). The summed E-state index contributed by atoms with van der Waals surface area (Å²) in [5, 5.41) is 14.0. The molecule has 1 aromatic rings. The third-order valence-corrected chi connectivity index (χ3v) is 4.03. The largest absolute Gasteiger partial charge is 0.367 e. The predicted molar refractivity (Wildman–Crippen MR) is 63.8 cm³/mol. The molecule has 5 heteroatoms. The van der Waals surface area contributed by atoms with Gasteiger partial charge in [0.25, 0.3) is 5.69 Å². The highest BCUT2D eigenvalue weighted by Crippen LogP contribution is 2.45. The minimum absolute atomic E-state index is 0.102. The summed E-state index contributed by atoms with van der Waals surface area (Å²) in [4.78, 5) is 14.4. The van der Waals surface area contributed by atoms with Crippen LogP contribution in [0.1, 0.15) is 25.7 Å². The molecule has 2 aliphatic carbocycles. The van der Waals surface area contributed by atoms with E-state index in [1.54, 1.807) is 0 Å². The second-order valence-corrected chi connectivity index (χ2v) is 5.08. The standard InChI is InChI=1S/C12H15N3O2/c16-15(17)10-3-4-13-12(7-10)14-11-6-8-1-2-9(11)5-8/h3-4,7-9,11H,1-2,5-6H2,(H,13,14). The first-order valence-electron chi connectivity index (χ1n) is 6.09. The molecule has 3 unspecified atom stereocenters. The van der Waals surface area contributed by atoms with E-state index in [0.29, 0.717) is 11.9 Å². The Morgan fingerprint density at radius 3 is 2.94 bits per heavy atom. The fraction of sp³-hybridized carbons (Fsp3) is 0.583. The Hall–Kier alpha value is -1.65. The second kappa shape index (κ2) is 3.98. The lowest BCUT2D eigenvalue weighted by Crippen LogP contribution is -2.26. The summed E-state index contributed by atoms with van der Waals surface area (Å²) in [6.45, 7) is 0. The normalized spacial score (nSPS) is 30.5. The smallest absolute Gasteiger partial charge is 0.274 e. The van der Waals surface area contributed by atoms with E-state index in [1.807, 2.05) is 0 Å². The summed E-state index contributed by atoms with van der Waals surface area (Å²) in [7, 11) is 0. The van der Waals surface area contributed by atoms with Gasteiger partial charge in [-0.3, -0.25) is 10.1 Å². The van der Waals surface area contributed by atoms with Crippen molar-refractivity contribution in [2.24, 2.45) is 11.8 Å². The highest BCUT2D eigenvalue weighted by molar-refractivity contribution is 5.45.